The Kier molecular flexibility index (Phi) is 14.7. The van der Waals surface area contributed by atoms with Crippen molar-refractivity contribution in [2.24, 2.45) is 11.8 Å². The minimum Gasteiger partial charge on any atom is -0.465 e. The molecular formula is C23H42N2O4S. The van der Waals surface area contributed by atoms with E-state index in [1.54, 1.807) is 18.7 Å². The molecule has 174 valence electrons. The number of esters is 1. The van der Waals surface area contributed by atoms with Gasteiger partial charge in [0.1, 0.15) is 12.6 Å². The quantitative estimate of drug-likeness (QED) is 0.295. The Morgan fingerprint density at radius 1 is 1.03 bits per heavy atom. The molecule has 6 nitrogen and oxygen atoms in total. The Hall–Kier alpha value is -1.24. The number of carbonyl (C=O) groups is 3. The lowest BCUT2D eigenvalue weighted by atomic mass is 9.79. The van der Waals surface area contributed by atoms with Crippen LogP contribution in [0.4, 0.5) is 0 Å². The standard InChI is InChI=1S/C23H42N2O4S/c1-4-6-7-8-9-10-18-11-13-19(14-12-18)22(27)25-20(15-16-30-3)23(28)24-17-21(26)29-5-2/h18-20H,4-17H2,1-3H3,(H,24,28)(H,25,27)/t18?,19?,20-/m1/s1. The number of rotatable bonds is 15. The van der Waals surface area contributed by atoms with Crippen LogP contribution in [0.3, 0.4) is 0 Å². The number of hydrogen-bond donors (Lipinski definition) is 2. The fourth-order valence-electron chi connectivity index (χ4n) is 4.04. The molecule has 0 heterocycles. The van der Waals surface area contributed by atoms with Crippen molar-refractivity contribution in [1.82, 2.24) is 10.6 Å². The molecule has 7 heteroatoms. The minimum absolute atomic E-state index is 0.00372. The molecule has 0 bridgehead atoms. The van der Waals surface area contributed by atoms with E-state index in [-0.39, 0.29) is 30.9 Å². The zero-order valence-corrected chi connectivity index (χ0v) is 20.0. The molecular weight excluding hydrogens is 400 g/mol. The zero-order chi connectivity index (χ0) is 22.2. The fraction of sp³-hybridized carbons (Fsp3) is 0.870. The van der Waals surface area contributed by atoms with E-state index >= 15 is 0 Å². The highest BCUT2D eigenvalue weighted by Gasteiger charge is 2.29. The van der Waals surface area contributed by atoms with Crippen molar-refractivity contribution in [2.75, 3.05) is 25.2 Å². The van der Waals surface area contributed by atoms with Crippen LogP contribution in [0.5, 0.6) is 0 Å². The molecule has 0 aromatic carbocycles. The summed E-state index contributed by atoms with van der Waals surface area (Å²) >= 11 is 1.63. The van der Waals surface area contributed by atoms with Crippen LogP contribution in [0.2, 0.25) is 0 Å². The van der Waals surface area contributed by atoms with Crippen molar-refractivity contribution >= 4 is 29.5 Å². The smallest absolute Gasteiger partial charge is 0.325 e. The molecule has 1 atom stereocenters. The summed E-state index contributed by atoms with van der Waals surface area (Å²) in [5.74, 6) is 0.711. The van der Waals surface area contributed by atoms with Crippen LogP contribution in [0, 0.1) is 11.8 Å². The molecule has 0 spiro atoms. The molecule has 0 radical (unpaired) electrons. The fourth-order valence-corrected chi connectivity index (χ4v) is 4.51. The van der Waals surface area contributed by atoms with Crippen molar-refractivity contribution in [2.45, 2.75) is 90.5 Å². The van der Waals surface area contributed by atoms with Gasteiger partial charge in [-0.05, 0) is 57.0 Å². The first-order chi connectivity index (χ1) is 14.5. The second kappa shape index (κ2) is 16.5. The maximum atomic E-state index is 12.8. The monoisotopic (exact) mass is 442 g/mol. The lowest BCUT2D eigenvalue weighted by molar-refractivity contribution is -0.143. The van der Waals surface area contributed by atoms with Crippen LogP contribution in [0.25, 0.3) is 0 Å². The molecule has 2 N–H and O–H groups in total. The van der Waals surface area contributed by atoms with Crippen LogP contribution in [-0.4, -0.2) is 49.0 Å². The van der Waals surface area contributed by atoms with Crippen LogP contribution in [0.15, 0.2) is 0 Å². The second-order valence-corrected chi connectivity index (χ2v) is 9.27. The third-order valence-electron chi connectivity index (χ3n) is 5.89. The highest BCUT2D eigenvalue weighted by Crippen LogP contribution is 2.32. The lowest BCUT2D eigenvalue weighted by Crippen LogP contribution is -2.50. The molecule has 0 saturated heterocycles. The van der Waals surface area contributed by atoms with E-state index in [1.807, 2.05) is 6.26 Å². The van der Waals surface area contributed by atoms with Crippen LogP contribution < -0.4 is 10.6 Å². The average molecular weight is 443 g/mol. The number of amides is 2. The Labute approximate surface area is 187 Å². The van der Waals surface area contributed by atoms with Gasteiger partial charge < -0.3 is 15.4 Å². The Morgan fingerprint density at radius 3 is 2.37 bits per heavy atom. The van der Waals surface area contributed by atoms with Gasteiger partial charge in [0.05, 0.1) is 6.61 Å². The third-order valence-corrected chi connectivity index (χ3v) is 6.53. The van der Waals surface area contributed by atoms with Gasteiger partial charge in [0, 0.05) is 5.92 Å². The molecule has 1 rings (SSSR count). The van der Waals surface area contributed by atoms with E-state index in [2.05, 4.69) is 17.6 Å². The Bertz CT molecular complexity index is 507. The Balaban J connectivity index is 2.40. The molecule has 0 aromatic heterocycles. The lowest BCUT2D eigenvalue weighted by Gasteiger charge is -2.29. The van der Waals surface area contributed by atoms with Crippen molar-refractivity contribution in [3.05, 3.63) is 0 Å². The summed E-state index contributed by atoms with van der Waals surface area (Å²) in [5, 5.41) is 5.53. The first-order valence-corrected chi connectivity index (χ1v) is 13.1. The van der Waals surface area contributed by atoms with Crippen LogP contribution >= 0.6 is 11.8 Å². The van der Waals surface area contributed by atoms with Gasteiger partial charge in [-0.15, -0.1) is 0 Å². The summed E-state index contributed by atoms with van der Waals surface area (Å²) < 4.78 is 4.84. The van der Waals surface area contributed by atoms with Gasteiger partial charge in [-0.25, -0.2) is 0 Å². The second-order valence-electron chi connectivity index (χ2n) is 8.29. The van der Waals surface area contributed by atoms with Crippen molar-refractivity contribution < 1.29 is 19.1 Å². The zero-order valence-electron chi connectivity index (χ0n) is 19.2. The van der Waals surface area contributed by atoms with Gasteiger partial charge in [-0.2, -0.15) is 11.8 Å². The molecule has 0 aliphatic heterocycles. The summed E-state index contributed by atoms with van der Waals surface area (Å²) in [6.45, 7) is 4.08. The van der Waals surface area contributed by atoms with Gasteiger partial charge in [0.15, 0.2) is 0 Å². The van der Waals surface area contributed by atoms with E-state index < -0.39 is 12.0 Å². The first-order valence-electron chi connectivity index (χ1n) is 11.7. The molecule has 0 unspecified atom stereocenters. The summed E-state index contributed by atoms with van der Waals surface area (Å²) in [5.41, 5.74) is 0. The predicted octanol–water partition coefficient (Wildman–Crippen LogP) is 4.07. The van der Waals surface area contributed by atoms with Gasteiger partial charge in [-0.1, -0.05) is 45.4 Å². The van der Waals surface area contributed by atoms with Crippen LogP contribution in [0.1, 0.15) is 84.5 Å². The molecule has 1 fully saturated rings. The largest absolute Gasteiger partial charge is 0.465 e. The summed E-state index contributed by atoms with van der Waals surface area (Å²) in [7, 11) is 0. The van der Waals surface area contributed by atoms with Crippen molar-refractivity contribution in [3.8, 4) is 0 Å². The maximum absolute atomic E-state index is 12.8. The van der Waals surface area contributed by atoms with Gasteiger partial charge in [0.2, 0.25) is 11.8 Å². The first kappa shape index (κ1) is 26.8. The minimum atomic E-state index is -0.601. The number of unbranched alkanes of at least 4 members (excludes halogenated alkanes) is 4. The summed E-state index contributed by atoms with van der Waals surface area (Å²) in [4.78, 5) is 36.7. The highest BCUT2D eigenvalue weighted by atomic mass is 32.2. The number of nitrogens with one attached hydrogen (secondary N) is 2. The number of thioether (sulfide) groups is 1. The van der Waals surface area contributed by atoms with Gasteiger partial charge in [-0.3, -0.25) is 14.4 Å². The molecule has 1 aliphatic carbocycles. The highest BCUT2D eigenvalue weighted by molar-refractivity contribution is 7.98. The van der Waals surface area contributed by atoms with Crippen molar-refractivity contribution in [3.63, 3.8) is 0 Å². The number of ether oxygens (including phenoxy) is 1. The van der Waals surface area contributed by atoms with Crippen molar-refractivity contribution in [1.29, 1.82) is 0 Å². The van der Waals surface area contributed by atoms with Crippen LogP contribution in [-0.2, 0) is 19.1 Å². The SMILES string of the molecule is CCCCCCCC1CCC(C(=O)N[C@H](CCSC)C(=O)NCC(=O)OCC)CC1. The third kappa shape index (κ3) is 11.2. The predicted molar refractivity (Wildman–Crippen MR) is 123 cm³/mol. The Morgan fingerprint density at radius 2 is 1.73 bits per heavy atom. The van der Waals surface area contributed by atoms with E-state index in [9.17, 15) is 14.4 Å². The topological polar surface area (TPSA) is 84.5 Å². The molecule has 1 aliphatic rings. The van der Waals surface area contributed by atoms with E-state index in [0.29, 0.717) is 6.42 Å². The van der Waals surface area contributed by atoms with Gasteiger partial charge in [0.25, 0.3) is 0 Å². The molecule has 1 saturated carbocycles. The molecule has 2 amide bonds. The number of carbonyl (C=O) groups excluding carboxylic acids is 3. The number of hydrogen-bond acceptors (Lipinski definition) is 5. The van der Waals surface area contributed by atoms with E-state index in [0.717, 1.165) is 37.4 Å². The normalized spacial score (nSPS) is 19.7. The van der Waals surface area contributed by atoms with E-state index in [4.69, 9.17) is 4.74 Å². The summed E-state index contributed by atoms with van der Waals surface area (Å²) in [6.07, 6.45) is 14.4. The summed E-state index contributed by atoms with van der Waals surface area (Å²) in [6, 6.07) is -0.601. The maximum Gasteiger partial charge on any atom is 0.325 e. The van der Waals surface area contributed by atoms with E-state index in [1.165, 1.54) is 38.5 Å². The van der Waals surface area contributed by atoms with Gasteiger partial charge >= 0.3 is 5.97 Å². The molecule has 30 heavy (non-hydrogen) atoms. The molecule has 0 aromatic rings. The average Bonchev–Trinajstić information content (AvgIpc) is 2.75.